The van der Waals surface area contributed by atoms with Crippen LogP contribution in [0.25, 0.3) is 0 Å². The van der Waals surface area contributed by atoms with E-state index in [0.717, 1.165) is 36.3 Å². The molecule has 2 amide bonds. The van der Waals surface area contributed by atoms with Crippen LogP contribution >= 0.6 is 23.2 Å². The summed E-state index contributed by atoms with van der Waals surface area (Å²) >= 11 is 12.0. The van der Waals surface area contributed by atoms with E-state index in [1.54, 1.807) is 0 Å². The van der Waals surface area contributed by atoms with Crippen LogP contribution in [0.1, 0.15) is 28.4 Å². The van der Waals surface area contributed by atoms with Gasteiger partial charge in [0, 0.05) is 49.3 Å². The quantitative estimate of drug-likeness (QED) is 0.398. The largest absolute Gasteiger partial charge is 0.368 e. The second-order valence-corrected chi connectivity index (χ2v) is 9.79. The first kappa shape index (κ1) is 25.5. The molecule has 0 aromatic heterocycles. The lowest BCUT2D eigenvalue weighted by atomic mass is 10.1. The van der Waals surface area contributed by atoms with Crippen molar-refractivity contribution in [1.82, 2.24) is 15.1 Å². The van der Waals surface area contributed by atoms with Gasteiger partial charge in [-0.1, -0.05) is 77.3 Å². The van der Waals surface area contributed by atoms with Gasteiger partial charge in [-0.25, -0.2) is 4.79 Å². The maximum absolute atomic E-state index is 12.6. The van der Waals surface area contributed by atoms with E-state index in [-0.39, 0.29) is 12.1 Å². The third-order valence-electron chi connectivity index (χ3n) is 6.22. The summed E-state index contributed by atoms with van der Waals surface area (Å²) in [6, 6.07) is 23.7. The highest BCUT2D eigenvalue weighted by molar-refractivity contribution is 6.30. The SMILES string of the molecule is Cc1cccc(CO[C@H](CN2CCN(C(=O)NCc3ccc(Cl)cc3)CC2)c2ccc(Cl)cc2)c1. The summed E-state index contributed by atoms with van der Waals surface area (Å²) in [5.41, 5.74) is 4.51. The number of benzene rings is 3. The van der Waals surface area contributed by atoms with E-state index in [1.165, 1.54) is 5.56 Å². The Kier molecular flexibility index (Phi) is 9.05. The molecular formula is C28H31Cl2N3O2. The van der Waals surface area contributed by atoms with Crippen molar-refractivity contribution < 1.29 is 9.53 Å². The molecule has 35 heavy (non-hydrogen) atoms. The summed E-state index contributed by atoms with van der Waals surface area (Å²) in [4.78, 5) is 16.9. The number of nitrogens with zero attached hydrogens (tertiary/aromatic N) is 2. The number of aryl methyl sites for hydroxylation is 1. The van der Waals surface area contributed by atoms with E-state index < -0.39 is 0 Å². The molecule has 1 aliphatic rings. The van der Waals surface area contributed by atoms with Crippen molar-refractivity contribution in [3.63, 3.8) is 0 Å². The number of hydrogen-bond acceptors (Lipinski definition) is 3. The Morgan fingerprint density at radius 3 is 2.23 bits per heavy atom. The van der Waals surface area contributed by atoms with Crippen molar-refractivity contribution in [2.75, 3.05) is 32.7 Å². The highest BCUT2D eigenvalue weighted by Gasteiger charge is 2.24. The Bertz CT molecular complexity index is 1100. The first-order valence-electron chi connectivity index (χ1n) is 11.9. The lowest BCUT2D eigenvalue weighted by molar-refractivity contribution is 0.00554. The van der Waals surface area contributed by atoms with Crippen LogP contribution < -0.4 is 5.32 Å². The molecule has 0 spiro atoms. The Morgan fingerprint density at radius 2 is 1.57 bits per heavy atom. The van der Waals surface area contributed by atoms with E-state index in [4.69, 9.17) is 27.9 Å². The number of piperazine rings is 1. The van der Waals surface area contributed by atoms with E-state index in [0.29, 0.717) is 36.3 Å². The van der Waals surface area contributed by atoms with Crippen LogP contribution in [0.5, 0.6) is 0 Å². The number of nitrogens with one attached hydrogen (secondary N) is 1. The van der Waals surface area contributed by atoms with E-state index >= 15 is 0 Å². The fourth-order valence-corrected chi connectivity index (χ4v) is 4.44. The van der Waals surface area contributed by atoms with Crippen LogP contribution in [0, 0.1) is 6.92 Å². The summed E-state index contributed by atoms with van der Waals surface area (Å²) in [7, 11) is 0. The van der Waals surface area contributed by atoms with Gasteiger partial charge in [-0.15, -0.1) is 0 Å². The molecule has 1 heterocycles. The van der Waals surface area contributed by atoms with Crippen LogP contribution in [-0.4, -0.2) is 48.6 Å². The fourth-order valence-electron chi connectivity index (χ4n) is 4.19. The summed E-state index contributed by atoms with van der Waals surface area (Å²) in [5, 5.41) is 4.41. The van der Waals surface area contributed by atoms with Crippen molar-refractivity contribution in [2.24, 2.45) is 0 Å². The molecule has 0 aliphatic carbocycles. The van der Waals surface area contributed by atoms with Gasteiger partial charge in [-0.2, -0.15) is 0 Å². The Hall–Kier alpha value is -2.57. The zero-order chi connectivity index (χ0) is 24.6. The fraction of sp³-hybridized carbons (Fsp3) is 0.321. The molecule has 1 atom stereocenters. The molecule has 1 aliphatic heterocycles. The first-order valence-corrected chi connectivity index (χ1v) is 12.6. The van der Waals surface area contributed by atoms with Gasteiger partial charge < -0.3 is 15.0 Å². The first-order chi connectivity index (χ1) is 17.0. The molecule has 4 rings (SSSR count). The summed E-state index contributed by atoms with van der Waals surface area (Å²) in [5.74, 6) is 0. The number of urea groups is 1. The van der Waals surface area contributed by atoms with Crippen LogP contribution in [0.3, 0.4) is 0 Å². The third kappa shape index (κ3) is 7.71. The number of halogens is 2. The number of carbonyl (C=O) groups excluding carboxylic acids is 1. The molecule has 5 nitrogen and oxygen atoms in total. The van der Waals surface area contributed by atoms with Gasteiger partial charge in [0.1, 0.15) is 0 Å². The van der Waals surface area contributed by atoms with E-state index in [1.807, 2.05) is 53.4 Å². The molecular weight excluding hydrogens is 481 g/mol. The van der Waals surface area contributed by atoms with Gasteiger partial charge in [-0.05, 0) is 47.9 Å². The second-order valence-electron chi connectivity index (χ2n) is 8.91. The minimum Gasteiger partial charge on any atom is -0.368 e. The molecule has 1 N–H and O–H groups in total. The van der Waals surface area contributed by atoms with Crippen molar-refractivity contribution in [1.29, 1.82) is 0 Å². The van der Waals surface area contributed by atoms with Gasteiger partial charge in [0.15, 0.2) is 0 Å². The summed E-state index contributed by atoms with van der Waals surface area (Å²) in [6.07, 6.45) is -0.0851. The molecule has 0 saturated carbocycles. The Labute approximate surface area is 217 Å². The zero-order valence-electron chi connectivity index (χ0n) is 19.9. The van der Waals surface area contributed by atoms with Gasteiger partial charge in [-0.3, -0.25) is 4.90 Å². The van der Waals surface area contributed by atoms with Crippen molar-refractivity contribution in [3.05, 3.63) is 105 Å². The van der Waals surface area contributed by atoms with Crippen LogP contribution in [-0.2, 0) is 17.9 Å². The number of carbonyl (C=O) groups is 1. The number of rotatable bonds is 8. The molecule has 1 saturated heterocycles. The Morgan fingerprint density at radius 1 is 0.914 bits per heavy atom. The predicted molar refractivity (Wildman–Crippen MR) is 142 cm³/mol. The summed E-state index contributed by atoms with van der Waals surface area (Å²) in [6.45, 7) is 6.83. The van der Waals surface area contributed by atoms with Gasteiger partial charge in [0.25, 0.3) is 0 Å². The highest BCUT2D eigenvalue weighted by atomic mass is 35.5. The smallest absolute Gasteiger partial charge is 0.317 e. The average molecular weight is 512 g/mol. The number of hydrogen-bond donors (Lipinski definition) is 1. The molecule has 3 aromatic carbocycles. The lowest BCUT2D eigenvalue weighted by Gasteiger charge is -2.36. The molecule has 3 aromatic rings. The maximum Gasteiger partial charge on any atom is 0.317 e. The molecule has 0 bridgehead atoms. The monoisotopic (exact) mass is 511 g/mol. The Balaban J connectivity index is 1.30. The van der Waals surface area contributed by atoms with E-state index in [2.05, 4.69) is 41.4 Å². The highest BCUT2D eigenvalue weighted by Crippen LogP contribution is 2.23. The molecule has 1 fully saturated rings. The average Bonchev–Trinajstić information content (AvgIpc) is 2.87. The lowest BCUT2D eigenvalue weighted by Crippen LogP contribution is -2.52. The predicted octanol–water partition coefficient (Wildman–Crippen LogP) is 6.09. The maximum atomic E-state index is 12.6. The van der Waals surface area contributed by atoms with Crippen LogP contribution in [0.15, 0.2) is 72.8 Å². The number of ether oxygens (including phenoxy) is 1. The van der Waals surface area contributed by atoms with Gasteiger partial charge in [0.2, 0.25) is 0 Å². The topological polar surface area (TPSA) is 44.8 Å². The van der Waals surface area contributed by atoms with Crippen molar-refractivity contribution in [2.45, 2.75) is 26.2 Å². The van der Waals surface area contributed by atoms with Crippen molar-refractivity contribution >= 4 is 29.2 Å². The standard InChI is InChI=1S/C28H31Cl2N3O2/c1-21-3-2-4-23(17-21)20-35-27(24-7-11-26(30)12-8-24)19-32-13-15-33(16-14-32)28(34)31-18-22-5-9-25(29)10-6-22/h2-12,17,27H,13-16,18-20H2,1H3,(H,31,34)/t27-/m1/s1. The second kappa shape index (κ2) is 12.4. The van der Waals surface area contributed by atoms with Gasteiger partial charge in [0.05, 0.1) is 12.7 Å². The zero-order valence-corrected chi connectivity index (χ0v) is 21.4. The molecule has 0 unspecified atom stereocenters. The minimum atomic E-state index is -0.0851. The van der Waals surface area contributed by atoms with Gasteiger partial charge >= 0.3 is 6.03 Å². The molecule has 0 radical (unpaired) electrons. The minimum absolute atomic E-state index is 0.0375. The molecule has 184 valence electrons. The van der Waals surface area contributed by atoms with Crippen LogP contribution in [0.2, 0.25) is 10.0 Å². The number of amides is 2. The molecule has 7 heteroatoms. The summed E-state index contributed by atoms with van der Waals surface area (Å²) < 4.78 is 6.40. The normalized spacial score (nSPS) is 15.1. The van der Waals surface area contributed by atoms with Crippen molar-refractivity contribution in [3.8, 4) is 0 Å². The van der Waals surface area contributed by atoms with Crippen LogP contribution in [0.4, 0.5) is 4.79 Å². The van der Waals surface area contributed by atoms with E-state index in [9.17, 15) is 4.79 Å². The third-order valence-corrected chi connectivity index (χ3v) is 6.72.